The standard InChI is InChI=1S/C12H23N3O.HI/c1-13-12(14-8-10-4-2-5-10)15-9-11-6-3-7-16-11;/h10-11H,2-9H2,1H3,(H2,13,14,15);1H. The van der Waals surface area contributed by atoms with Gasteiger partial charge < -0.3 is 15.4 Å². The van der Waals surface area contributed by atoms with Crippen LogP contribution in [0.15, 0.2) is 4.99 Å². The third kappa shape index (κ3) is 4.99. The van der Waals surface area contributed by atoms with Crippen molar-refractivity contribution in [3.63, 3.8) is 0 Å². The van der Waals surface area contributed by atoms with Gasteiger partial charge in [0.05, 0.1) is 6.10 Å². The number of nitrogens with one attached hydrogen (secondary N) is 2. The van der Waals surface area contributed by atoms with Gasteiger partial charge in [0, 0.05) is 26.7 Å². The summed E-state index contributed by atoms with van der Waals surface area (Å²) in [6, 6.07) is 0. The summed E-state index contributed by atoms with van der Waals surface area (Å²) in [5.74, 6) is 1.78. The van der Waals surface area contributed by atoms with Gasteiger partial charge in [-0.3, -0.25) is 4.99 Å². The van der Waals surface area contributed by atoms with E-state index in [1.54, 1.807) is 0 Å². The molecule has 1 saturated heterocycles. The average molecular weight is 353 g/mol. The molecule has 0 aromatic carbocycles. The molecule has 2 N–H and O–H groups in total. The summed E-state index contributed by atoms with van der Waals surface area (Å²) in [4.78, 5) is 4.22. The van der Waals surface area contributed by atoms with Crippen LogP contribution in [-0.4, -0.2) is 38.8 Å². The first-order valence-electron chi connectivity index (χ1n) is 6.44. The molecule has 1 aliphatic heterocycles. The molecule has 2 fully saturated rings. The Morgan fingerprint density at radius 2 is 1.94 bits per heavy atom. The van der Waals surface area contributed by atoms with Gasteiger partial charge in [0.15, 0.2) is 5.96 Å². The molecule has 0 bridgehead atoms. The number of hydrogen-bond donors (Lipinski definition) is 2. The van der Waals surface area contributed by atoms with Crippen LogP contribution in [0.2, 0.25) is 0 Å². The second-order valence-corrected chi connectivity index (χ2v) is 4.77. The van der Waals surface area contributed by atoms with Crippen LogP contribution in [0.5, 0.6) is 0 Å². The Balaban J connectivity index is 0.00000144. The van der Waals surface area contributed by atoms with Gasteiger partial charge in [0.25, 0.3) is 0 Å². The molecule has 1 aliphatic carbocycles. The highest BCUT2D eigenvalue weighted by Gasteiger charge is 2.18. The van der Waals surface area contributed by atoms with Crippen molar-refractivity contribution in [2.75, 3.05) is 26.7 Å². The van der Waals surface area contributed by atoms with Crippen molar-refractivity contribution in [3.05, 3.63) is 0 Å². The summed E-state index contributed by atoms with van der Waals surface area (Å²) in [6.07, 6.45) is 6.88. The monoisotopic (exact) mass is 353 g/mol. The minimum absolute atomic E-state index is 0. The van der Waals surface area contributed by atoms with E-state index in [1.165, 1.54) is 32.1 Å². The average Bonchev–Trinajstić information content (AvgIpc) is 2.73. The predicted molar refractivity (Wildman–Crippen MR) is 81.1 cm³/mol. The molecule has 1 unspecified atom stereocenters. The van der Waals surface area contributed by atoms with Crippen molar-refractivity contribution in [1.82, 2.24) is 10.6 Å². The van der Waals surface area contributed by atoms with Crippen LogP contribution in [-0.2, 0) is 4.74 Å². The SMILES string of the molecule is CN=C(NCC1CCC1)NCC1CCCO1.I. The zero-order chi connectivity index (χ0) is 11.2. The number of halogens is 1. The lowest BCUT2D eigenvalue weighted by atomic mass is 9.85. The largest absolute Gasteiger partial charge is 0.376 e. The number of rotatable bonds is 4. The smallest absolute Gasteiger partial charge is 0.191 e. The Kier molecular flexibility index (Phi) is 7.18. The first kappa shape index (κ1) is 15.0. The Morgan fingerprint density at radius 1 is 1.18 bits per heavy atom. The van der Waals surface area contributed by atoms with E-state index in [0.717, 1.165) is 31.6 Å². The summed E-state index contributed by atoms with van der Waals surface area (Å²) >= 11 is 0. The maximum absolute atomic E-state index is 5.56. The molecule has 0 amide bonds. The van der Waals surface area contributed by atoms with Gasteiger partial charge in [-0.1, -0.05) is 6.42 Å². The van der Waals surface area contributed by atoms with Crippen LogP contribution in [0.3, 0.4) is 0 Å². The molecule has 0 aromatic rings. The molecular formula is C12H24IN3O. The van der Waals surface area contributed by atoms with E-state index in [2.05, 4.69) is 15.6 Å². The molecule has 5 heteroatoms. The zero-order valence-corrected chi connectivity index (χ0v) is 12.9. The van der Waals surface area contributed by atoms with E-state index in [4.69, 9.17) is 4.74 Å². The van der Waals surface area contributed by atoms with Crippen LogP contribution in [0.4, 0.5) is 0 Å². The van der Waals surface area contributed by atoms with Crippen molar-refractivity contribution >= 4 is 29.9 Å². The number of ether oxygens (including phenoxy) is 1. The maximum Gasteiger partial charge on any atom is 0.191 e. The van der Waals surface area contributed by atoms with Gasteiger partial charge in [0.2, 0.25) is 0 Å². The van der Waals surface area contributed by atoms with Crippen molar-refractivity contribution < 1.29 is 4.74 Å². The maximum atomic E-state index is 5.56. The van der Waals surface area contributed by atoms with E-state index < -0.39 is 0 Å². The van der Waals surface area contributed by atoms with E-state index in [0.29, 0.717) is 6.10 Å². The van der Waals surface area contributed by atoms with Crippen molar-refractivity contribution in [3.8, 4) is 0 Å². The molecular weight excluding hydrogens is 329 g/mol. The van der Waals surface area contributed by atoms with Gasteiger partial charge >= 0.3 is 0 Å². The first-order chi connectivity index (χ1) is 7.88. The molecule has 0 aromatic heterocycles. The van der Waals surface area contributed by atoms with E-state index in [1.807, 2.05) is 7.05 Å². The summed E-state index contributed by atoms with van der Waals surface area (Å²) < 4.78 is 5.56. The summed E-state index contributed by atoms with van der Waals surface area (Å²) in [7, 11) is 1.83. The minimum atomic E-state index is 0. The molecule has 0 radical (unpaired) electrons. The molecule has 17 heavy (non-hydrogen) atoms. The second-order valence-electron chi connectivity index (χ2n) is 4.77. The fraction of sp³-hybridized carbons (Fsp3) is 0.917. The fourth-order valence-electron chi connectivity index (χ4n) is 2.17. The Morgan fingerprint density at radius 3 is 2.47 bits per heavy atom. The topological polar surface area (TPSA) is 45.7 Å². The van der Waals surface area contributed by atoms with Crippen molar-refractivity contribution in [1.29, 1.82) is 0 Å². The van der Waals surface area contributed by atoms with Crippen LogP contribution >= 0.6 is 24.0 Å². The van der Waals surface area contributed by atoms with Crippen LogP contribution in [0.1, 0.15) is 32.1 Å². The Hall–Kier alpha value is -0.0400. The lowest BCUT2D eigenvalue weighted by molar-refractivity contribution is 0.113. The molecule has 2 aliphatic rings. The third-order valence-electron chi connectivity index (χ3n) is 3.53. The minimum Gasteiger partial charge on any atom is -0.376 e. The lowest BCUT2D eigenvalue weighted by Gasteiger charge is -2.26. The Bertz CT molecular complexity index is 238. The first-order valence-corrected chi connectivity index (χ1v) is 6.44. The van der Waals surface area contributed by atoms with Gasteiger partial charge in [-0.25, -0.2) is 0 Å². The van der Waals surface area contributed by atoms with Crippen molar-refractivity contribution in [2.24, 2.45) is 10.9 Å². The highest BCUT2D eigenvalue weighted by molar-refractivity contribution is 14.0. The third-order valence-corrected chi connectivity index (χ3v) is 3.53. The molecule has 1 heterocycles. The van der Waals surface area contributed by atoms with Gasteiger partial charge in [-0.2, -0.15) is 0 Å². The quantitative estimate of drug-likeness (QED) is 0.460. The summed E-state index contributed by atoms with van der Waals surface area (Å²) in [6.45, 7) is 2.86. The molecule has 1 saturated carbocycles. The zero-order valence-electron chi connectivity index (χ0n) is 10.6. The highest BCUT2D eigenvalue weighted by atomic mass is 127. The predicted octanol–water partition coefficient (Wildman–Crippen LogP) is 1.75. The highest BCUT2D eigenvalue weighted by Crippen LogP contribution is 2.24. The van der Waals surface area contributed by atoms with Crippen LogP contribution < -0.4 is 10.6 Å². The number of aliphatic imine (C=N–C) groups is 1. The van der Waals surface area contributed by atoms with Crippen molar-refractivity contribution in [2.45, 2.75) is 38.2 Å². The molecule has 2 rings (SSSR count). The summed E-state index contributed by atoms with van der Waals surface area (Å²) in [5, 5.41) is 6.71. The van der Waals surface area contributed by atoms with E-state index in [9.17, 15) is 0 Å². The summed E-state index contributed by atoms with van der Waals surface area (Å²) in [5.41, 5.74) is 0. The molecule has 4 nitrogen and oxygen atoms in total. The van der Waals surface area contributed by atoms with E-state index in [-0.39, 0.29) is 24.0 Å². The van der Waals surface area contributed by atoms with E-state index >= 15 is 0 Å². The molecule has 0 spiro atoms. The number of guanidine groups is 1. The second kappa shape index (κ2) is 8.13. The molecule has 1 atom stereocenters. The lowest BCUT2D eigenvalue weighted by Crippen LogP contribution is -2.43. The van der Waals surface area contributed by atoms with Gasteiger partial charge in [-0.05, 0) is 31.6 Å². The normalized spacial score (nSPS) is 25.0. The van der Waals surface area contributed by atoms with Crippen LogP contribution in [0.25, 0.3) is 0 Å². The van der Waals surface area contributed by atoms with Gasteiger partial charge in [-0.15, -0.1) is 24.0 Å². The fourth-order valence-corrected chi connectivity index (χ4v) is 2.17. The van der Waals surface area contributed by atoms with Gasteiger partial charge in [0.1, 0.15) is 0 Å². The molecule has 100 valence electrons. The number of nitrogens with zero attached hydrogens (tertiary/aromatic N) is 1. The number of hydrogen-bond acceptors (Lipinski definition) is 2. The Labute approximate surface area is 121 Å². The van der Waals surface area contributed by atoms with Crippen LogP contribution in [0, 0.1) is 5.92 Å².